The summed E-state index contributed by atoms with van der Waals surface area (Å²) in [5.74, 6) is 0. The highest BCUT2D eigenvalue weighted by Crippen LogP contribution is 2.27. The smallest absolute Gasteiger partial charge is 0.317 e. The van der Waals surface area contributed by atoms with Gasteiger partial charge in [-0.25, -0.2) is 4.79 Å². The zero-order valence-electron chi connectivity index (χ0n) is 12.3. The van der Waals surface area contributed by atoms with Crippen LogP contribution < -0.4 is 5.32 Å². The average molecular weight is 292 g/mol. The van der Waals surface area contributed by atoms with Crippen LogP contribution in [0.15, 0.2) is 6.20 Å². The van der Waals surface area contributed by atoms with Gasteiger partial charge in [0.05, 0.1) is 6.20 Å². The number of amides is 2. The van der Waals surface area contributed by atoms with Gasteiger partial charge in [-0.1, -0.05) is 0 Å². The molecule has 21 heavy (non-hydrogen) atoms. The van der Waals surface area contributed by atoms with E-state index in [0.29, 0.717) is 6.04 Å². The van der Waals surface area contributed by atoms with Crippen molar-refractivity contribution in [1.82, 2.24) is 20.4 Å². The van der Waals surface area contributed by atoms with Crippen LogP contribution in [0.5, 0.6) is 0 Å². The fourth-order valence-corrected chi connectivity index (χ4v) is 3.03. The maximum Gasteiger partial charge on any atom is 0.317 e. The molecule has 0 bridgehead atoms. The number of aromatic nitrogens is 2. The maximum absolute atomic E-state index is 12.5. The predicted molar refractivity (Wildman–Crippen MR) is 79.0 cm³/mol. The molecule has 6 nitrogen and oxygen atoms in total. The first kappa shape index (κ1) is 14.4. The zero-order valence-corrected chi connectivity index (χ0v) is 12.3. The van der Waals surface area contributed by atoms with Crippen molar-refractivity contribution >= 4 is 6.03 Å². The third kappa shape index (κ3) is 3.56. The number of urea groups is 1. The fraction of sp³-hybridized carbons (Fsp3) is 0.733. The monoisotopic (exact) mass is 292 g/mol. The number of nitrogens with one attached hydrogen (secondary N) is 2. The molecule has 0 saturated heterocycles. The lowest BCUT2D eigenvalue weighted by Crippen LogP contribution is -2.47. The van der Waals surface area contributed by atoms with Crippen LogP contribution in [0.4, 0.5) is 4.79 Å². The van der Waals surface area contributed by atoms with Crippen LogP contribution in [0.2, 0.25) is 0 Å². The lowest BCUT2D eigenvalue weighted by Gasteiger charge is -2.28. The molecule has 1 heterocycles. The summed E-state index contributed by atoms with van der Waals surface area (Å²) < 4.78 is 0. The molecule has 0 radical (unpaired) electrons. The molecule has 3 N–H and O–H groups in total. The van der Waals surface area contributed by atoms with Gasteiger partial charge in [0.1, 0.15) is 0 Å². The Morgan fingerprint density at radius 3 is 3.05 bits per heavy atom. The van der Waals surface area contributed by atoms with Gasteiger partial charge in [-0.05, 0) is 50.5 Å². The van der Waals surface area contributed by atoms with E-state index in [4.69, 9.17) is 5.11 Å². The largest absolute Gasteiger partial charge is 0.396 e. The van der Waals surface area contributed by atoms with Crippen molar-refractivity contribution in [2.45, 2.75) is 57.0 Å². The molecular formula is C15H24N4O2. The number of unbranched alkanes of at least 4 members (excludes halogenated alkanes) is 1. The topological polar surface area (TPSA) is 81.2 Å². The maximum atomic E-state index is 12.5. The van der Waals surface area contributed by atoms with Crippen LogP contribution in [0, 0.1) is 0 Å². The number of carbonyl (C=O) groups is 1. The number of hydrogen-bond acceptors (Lipinski definition) is 3. The van der Waals surface area contributed by atoms with E-state index in [9.17, 15) is 4.79 Å². The summed E-state index contributed by atoms with van der Waals surface area (Å²) in [7, 11) is 0. The minimum atomic E-state index is 0.0624. The summed E-state index contributed by atoms with van der Waals surface area (Å²) in [6, 6.07) is 0.686. The number of nitrogens with zero attached hydrogens (tertiary/aromatic N) is 2. The Hall–Kier alpha value is -1.56. The van der Waals surface area contributed by atoms with Gasteiger partial charge in [0.2, 0.25) is 0 Å². The van der Waals surface area contributed by atoms with Crippen LogP contribution in [0.25, 0.3) is 0 Å². The lowest BCUT2D eigenvalue weighted by atomic mass is 9.94. The van der Waals surface area contributed by atoms with Crippen molar-refractivity contribution in [3.05, 3.63) is 17.5 Å². The Labute approximate surface area is 124 Å². The minimum Gasteiger partial charge on any atom is -0.396 e. The van der Waals surface area contributed by atoms with Crippen molar-refractivity contribution in [3.63, 3.8) is 0 Å². The molecule has 2 amide bonds. The third-order valence-electron chi connectivity index (χ3n) is 4.40. The van der Waals surface area contributed by atoms with Crippen LogP contribution in [-0.4, -0.2) is 51.5 Å². The van der Waals surface area contributed by atoms with Crippen LogP contribution in [0.3, 0.4) is 0 Å². The van der Waals surface area contributed by atoms with Crippen LogP contribution in [0.1, 0.15) is 43.4 Å². The number of aliphatic hydroxyl groups excluding tert-OH is 1. The quantitative estimate of drug-likeness (QED) is 0.689. The van der Waals surface area contributed by atoms with E-state index in [1.807, 2.05) is 11.1 Å². The summed E-state index contributed by atoms with van der Waals surface area (Å²) in [6.07, 6.45) is 8.52. The summed E-state index contributed by atoms with van der Waals surface area (Å²) in [6.45, 7) is 0.951. The number of aliphatic hydroxyl groups is 1. The minimum absolute atomic E-state index is 0.0624. The SMILES string of the molecule is O=C(NC1CCc2[nH]ncc2C1)N(CCCCO)C1CC1. The molecule has 0 spiro atoms. The van der Waals surface area contributed by atoms with Gasteiger partial charge in [0.25, 0.3) is 0 Å². The summed E-state index contributed by atoms with van der Waals surface area (Å²) in [4.78, 5) is 14.4. The number of fused-ring (bicyclic) bond motifs is 1. The van der Waals surface area contributed by atoms with Crippen molar-refractivity contribution in [2.75, 3.05) is 13.2 Å². The first-order valence-electron chi connectivity index (χ1n) is 7.97. The average Bonchev–Trinajstić information content (AvgIpc) is 3.20. The van der Waals surface area contributed by atoms with Gasteiger partial charge in [0.15, 0.2) is 0 Å². The van der Waals surface area contributed by atoms with Crippen molar-refractivity contribution in [3.8, 4) is 0 Å². The van der Waals surface area contributed by atoms with Gasteiger partial charge in [-0.15, -0.1) is 0 Å². The first-order valence-corrected chi connectivity index (χ1v) is 7.97. The van der Waals surface area contributed by atoms with E-state index in [1.54, 1.807) is 0 Å². The lowest BCUT2D eigenvalue weighted by molar-refractivity contribution is 0.185. The fourth-order valence-electron chi connectivity index (χ4n) is 3.03. The highest BCUT2D eigenvalue weighted by atomic mass is 16.3. The van der Waals surface area contributed by atoms with Crippen LogP contribution in [-0.2, 0) is 12.8 Å². The number of aromatic amines is 1. The summed E-state index contributed by atoms with van der Waals surface area (Å²) in [5.41, 5.74) is 2.44. The Bertz CT molecular complexity index is 484. The highest BCUT2D eigenvalue weighted by molar-refractivity contribution is 5.75. The molecule has 0 aromatic carbocycles. The Morgan fingerprint density at radius 2 is 2.29 bits per heavy atom. The Morgan fingerprint density at radius 1 is 1.43 bits per heavy atom. The molecule has 1 unspecified atom stereocenters. The molecular weight excluding hydrogens is 268 g/mol. The van der Waals surface area contributed by atoms with E-state index in [2.05, 4.69) is 15.5 Å². The second kappa shape index (κ2) is 6.47. The van der Waals surface area contributed by atoms with Gasteiger partial charge < -0.3 is 15.3 Å². The van der Waals surface area contributed by atoms with Gasteiger partial charge in [-0.2, -0.15) is 5.10 Å². The van der Waals surface area contributed by atoms with E-state index < -0.39 is 0 Å². The number of rotatable bonds is 6. The van der Waals surface area contributed by atoms with E-state index in [1.165, 1.54) is 11.3 Å². The second-order valence-electron chi connectivity index (χ2n) is 6.12. The highest BCUT2D eigenvalue weighted by Gasteiger charge is 2.33. The van der Waals surface area contributed by atoms with E-state index in [0.717, 1.165) is 51.5 Å². The molecule has 1 saturated carbocycles. The molecule has 116 valence electrons. The molecule has 6 heteroatoms. The van der Waals surface area contributed by atoms with E-state index in [-0.39, 0.29) is 18.7 Å². The number of H-pyrrole nitrogens is 1. The van der Waals surface area contributed by atoms with Crippen molar-refractivity contribution < 1.29 is 9.90 Å². The molecule has 2 aliphatic rings. The summed E-state index contributed by atoms with van der Waals surface area (Å²) in [5, 5.41) is 19.1. The molecule has 2 aliphatic carbocycles. The molecule has 1 aromatic heterocycles. The van der Waals surface area contributed by atoms with Crippen molar-refractivity contribution in [1.29, 1.82) is 0 Å². The van der Waals surface area contributed by atoms with E-state index >= 15 is 0 Å². The van der Waals surface area contributed by atoms with Gasteiger partial charge in [-0.3, -0.25) is 5.10 Å². The first-order chi connectivity index (χ1) is 10.3. The molecule has 1 atom stereocenters. The van der Waals surface area contributed by atoms with Gasteiger partial charge in [0, 0.05) is 30.9 Å². The molecule has 1 aromatic rings. The van der Waals surface area contributed by atoms with Crippen LogP contribution >= 0.6 is 0 Å². The standard InChI is InChI=1S/C15H24N4O2/c20-8-2-1-7-19(13-4-5-13)15(21)17-12-3-6-14-11(9-12)10-16-18-14/h10,12-13,20H,1-9H2,(H,16,18)(H,17,21). The second-order valence-corrected chi connectivity index (χ2v) is 6.12. The number of carbonyl (C=O) groups excluding carboxylic acids is 1. The number of hydrogen-bond donors (Lipinski definition) is 3. The molecule has 1 fully saturated rings. The molecule has 0 aliphatic heterocycles. The summed E-state index contributed by atoms with van der Waals surface area (Å²) >= 11 is 0. The predicted octanol–water partition coefficient (Wildman–Crippen LogP) is 1.21. The Kier molecular flexibility index (Phi) is 4.43. The Balaban J connectivity index is 1.52. The number of aryl methyl sites for hydroxylation is 1. The normalized spacial score (nSPS) is 20.9. The third-order valence-corrected chi connectivity index (χ3v) is 4.40. The zero-order chi connectivity index (χ0) is 14.7. The van der Waals surface area contributed by atoms with Gasteiger partial charge >= 0.3 is 6.03 Å². The molecule has 3 rings (SSSR count). The van der Waals surface area contributed by atoms with Crippen molar-refractivity contribution in [2.24, 2.45) is 0 Å².